The monoisotopic (exact) mass is 191 g/mol. The fourth-order valence-electron chi connectivity index (χ4n) is 0.717. The fourth-order valence-corrected chi connectivity index (χ4v) is 2.79. The second-order valence-electron chi connectivity index (χ2n) is 2.08. The molecule has 0 heterocycles. The summed E-state index contributed by atoms with van der Waals surface area (Å²) in [5.74, 6) is 0. The van der Waals surface area contributed by atoms with E-state index in [1.807, 2.05) is 0 Å². The van der Waals surface area contributed by atoms with Crippen LogP contribution >= 0.6 is 0 Å². The molecule has 9 heavy (non-hydrogen) atoms. The van der Waals surface area contributed by atoms with Crippen LogP contribution < -0.4 is 0 Å². The van der Waals surface area contributed by atoms with E-state index in [0.717, 1.165) is 0 Å². The van der Waals surface area contributed by atoms with Crippen molar-refractivity contribution in [3.05, 3.63) is 0 Å². The zero-order valence-corrected chi connectivity index (χ0v) is 8.87. The second kappa shape index (κ2) is 6.64. The Morgan fingerprint density at radius 1 is 1.11 bits per heavy atom. The first-order valence-corrected chi connectivity index (χ1v) is 6.25. The predicted octanol–water partition coefficient (Wildman–Crippen LogP) is 1.51. The zero-order chi connectivity index (χ0) is 7.11. The van der Waals surface area contributed by atoms with Crippen LogP contribution in [0.25, 0.3) is 0 Å². The van der Waals surface area contributed by atoms with E-state index in [-0.39, 0.29) is 16.0 Å². The van der Waals surface area contributed by atoms with Gasteiger partial charge in [0.15, 0.2) is 0 Å². The normalized spacial score (nSPS) is 12.0. The van der Waals surface area contributed by atoms with Gasteiger partial charge in [0.25, 0.3) is 0 Å². The van der Waals surface area contributed by atoms with Crippen molar-refractivity contribution in [2.75, 3.05) is 13.1 Å². The summed E-state index contributed by atoms with van der Waals surface area (Å²) in [4.78, 5) is 0. The Balaban J connectivity index is 3.09. The van der Waals surface area contributed by atoms with E-state index in [4.69, 9.17) is 0 Å². The number of rotatable bonds is 5. The van der Waals surface area contributed by atoms with Crippen LogP contribution in [-0.2, 0) is 0 Å². The molecule has 0 amide bonds. The van der Waals surface area contributed by atoms with Gasteiger partial charge in [-0.2, -0.15) is 0 Å². The molecule has 56 valence electrons. The molecule has 0 aliphatic carbocycles. The molecule has 1 atom stereocenters. The predicted molar refractivity (Wildman–Crippen MR) is 45.2 cm³/mol. The van der Waals surface area contributed by atoms with E-state index in [2.05, 4.69) is 24.6 Å². The van der Waals surface area contributed by atoms with Gasteiger partial charge in [-0.25, -0.2) is 0 Å². The molecule has 0 saturated carbocycles. The number of hydrogen-bond donors (Lipinski definition) is 0. The van der Waals surface area contributed by atoms with Crippen LogP contribution in [0.5, 0.6) is 0 Å². The molecular weight excluding hydrogens is 173 g/mol. The van der Waals surface area contributed by atoms with Crippen molar-refractivity contribution in [1.82, 2.24) is 3.82 Å². The molecule has 0 aromatic rings. The average molecular weight is 191 g/mol. The van der Waals surface area contributed by atoms with E-state index < -0.39 is 0 Å². The van der Waals surface area contributed by atoms with Crippen LogP contribution in [-0.4, -0.2) is 32.9 Å². The summed E-state index contributed by atoms with van der Waals surface area (Å²) in [6.07, 6.45) is 1.37. The Labute approximate surface area is 65.7 Å². The Morgan fingerprint density at radius 3 is 2.00 bits per heavy atom. The SMILES string of the molecule is CCC[AsH]N(CC)CC. The molecule has 0 aromatic carbocycles. The van der Waals surface area contributed by atoms with Crippen molar-refractivity contribution in [3.8, 4) is 0 Å². The molecule has 0 saturated heterocycles. The minimum absolute atomic E-state index is 0.271. The van der Waals surface area contributed by atoms with Gasteiger partial charge in [0.1, 0.15) is 0 Å². The Kier molecular flexibility index (Phi) is 7.02. The van der Waals surface area contributed by atoms with Crippen LogP contribution in [0.3, 0.4) is 0 Å². The molecule has 0 radical (unpaired) electrons. The van der Waals surface area contributed by atoms with Gasteiger partial charge in [-0.15, -0.1) is 0 Å². The molecule has 0 aromatic heterocycles. The van der Waals surface area contributed by atoms with Crippen molar-refractivity contribution in [2.45, 2.75) is 32.4 Å². The van der Waals surface area contributed by atoms with Gasteiger partial charge in [0, 0.05) is 0 Å². The standard InChI is InChI=1S/C7H18AsN/c1-4-7-8-9(5-2)6-3/h8H,4-7H2,1-3H3. The zero-order valence-electron chi connectivity index (χ0n) is 6.78. The van der Waals surface area contributed by atoms with E-state index in [0.29, 0.717) is 0 Å². The topological polar surface area (TPSA) is 3.24 Å². The van der Waals surface area contributed by atoms with Crippen LogP contribution in [0.4, 0.5) is 0 Å². The maximum absolute atomic E-state index is 2.59. The average Bonchev–Trinajstić information content (AvgIpc) is 1.91. The summed E-state index contributed by atoms with van der Waals surface area (Å²) in [6, 6.07) is 0. The first-order valence-electron chi connectivity index (χ1n) is 3.83. The van der Waals surface area contributed by atoms with Crippen LogP contribution in [0.2, 0.25) is 5.21 Å². The van der Waals surface area contributed by atoms with Crippen LogP contribution in [0.15, 0.2) is 0 Å². The maximum atomic E-state index is 2.59. The van der Waals surface area contributed by atoms with Crippen molar-refractivity contribution in [1.29, 1.82) is 0 Å². The van der Waals surface area contributed by atoms with Crippen molar-refractivity contribution in [3.63, 3.8) is 0 Å². The molecule has 0 N–H and O–H groups in total. The van der Waals surface area contributed by atoms with Gasteiger partial charge in [-0.1, -0.05) is 0 Å². The molecule has 1 nitrogen and oxygen atoms in total. The van der Waals surface area contributed by atoms with Gasteiger partial charge in [0.2, 0.25) is 0 Å². The summed E-state index contributed by atoms with van der Waals surface area (Å²) < 4.78 is 2.59. The van der Waals surface area contributed by atoms with E-state index >= 15 is 0 Å². The molecule has 1 unspecified atom stereocenters. The fraction of sp³-hybridized carbons (Fsp3) is 1.00. The molecule has 0 aliphatic heterocycles. The molecule has 0 rings (SSSR count). The van der Waals surface area contributed by atoms with Crippen molar-refractivity contribution >= 4 is 16.0 Å². The van der Waals surface area contributed by atoms with E-state index in [1.54, 1.807) is 0 Å². The molecule has 0 bridgehead atoms. The van der Waals surface area contributed by atoms with Crippen molar-refractivity contribution in [2.24, 2.45) is 0 Å². The van der Waals surface area contributed by atoms with Gasteiger partial charge in [-0.05, 0) is 0 Å². The molecular formula is C7H18AsN. The summed E-state index contributed by atoms with van der Waals surface area (Å²) in [6.45, 7) is 9.30. The third-order valence-electron chi connectivity index (χ3n) is 1.35. The summed E-state index contributed by atoms with van der Waals surface area (Å²) >= 11 is 0.271. The molecule has 2 heteroatoms. The Morgan fingerprint density at radius 2 is 1.67 bits per heavy atom. The molecule has 0 spiro atoms. The third kappa shape index (κ3) is 4.99. The summed E-state index contributed by atoms with van der Waals surface area (Å²) in [7, 11) is 0. The Bertz CT molecular complexity index is 52.9. The van der Waals surface area contributed by atoms with Gasteiger partial charge in [-0.3, -0.25) is 0 Å². The molecule has 0 fully saturated rings. The number of nitrogens with zero attached hydrogens (tertiary/aromatic N) is 1. The van der Waals surface area contributed by atoms with Crippen LogP contribution in [0.1, 0.15) is 27.2 Å². The van der Waals surface area contributed by atoms with Gasteiger partial charge < -0.3 is 0 Å². The summed E-state index contributed by atoms with van der Waals surface area (Å²) in [5, 5.41) is 1.47. The van der Waals surface area contributed by atoms with Gasteiger partial charge >= 0.3 is 65.3 Å². The number of hydrogen-bond acceptors (Lipinski definition) is 1. The third-order valence-corrected chi connectivity index (χ3v) is 5.13. The second-order valence-corrected chi connectivity index (χ2v) is 5.12. The first kappa shape index (κ1) is 9.52. The van der Waals surface area contributed by atoms with Gasteiger partial charge in [0.05, 0.1) is 0 Å². The van der Waals surface area contributed by atoms with Crippen molar-refractivity contribution < 1.29 is 0 Å². The minimum atomic E-state index is 0.271. The van der Waals surface area contributed by atoms with E-state index in [9.17, 15) is 0 Å². The quantitative estimate of drug-likeness (QED) is 0.595. The van der Waals surface area contributed by atoms with E-state index in [1.165, 1.54) is 24.7 Å². The van der Waals surface area contributed by atoms with Crippen LogP contribution in [0, 0.1) is 0 Å². The molecule has 0 aliphatic rings. The Hall–Kier alpha value is 0.518. The summed E-state index contributed by atoms with van der Waals surface area (Å²) in [5.41, 5.74) is 0. The first-order chi connectivity index (χ1) is 4.35.